The van der Waals surface area contributed by atoms with E-state index in [9.17, 15) is 4.79 Å². The number of anilines is 1. The van der Waals surface area contributed by atoms with E-state index in [0.717, 1.165) is 22.8 Å². The predicted molar refractivity (Wildman–Crippen MR) is 70.1 cm³/mol. The quantitative estimate of drug-likeness (QED) is 0.886. The number of nitrogens with two attached hydrogens (primary N) is 1. The fourth-order valence-corrected chi connectivity index (χ4v) is 2.19. The zero-order chi connectivity index (χ0) is 13.1. The summed E-state index contributed by atoms with van der Waals surface area (Å²) in [6, 6.07) is 7.22. The second kappa shape index (κ2) is 5.05. The maximum Gasteiger partial charge on any atom is 0.349 e. The van der Waals surface area contributed by atoms with Crippen molar-refractivity contribution < 1.29 is 14.6 Å². The molecule has 0 atom stereocenters. The van der Waals surface area contributed by atoms with Crippen molar-refractivity contribution in [3.8, 4) is 17.0 Å². The third-order valence-corrected chi connectivity index (χ3v) is 3.21. The lowest BCUT2D eigenvalue weighted by atomic mass is 10.1. The SMILES string of the molecule is CCOc1ccc(-c2nsc(C(=O)O)c2N)cc1. The Hall–Kier alpha value is -2.08. The number of carboxylic acids is 1. The lowest BCUT2D eigenvalue weighted by Crippen LogP contribution is -1.98. The molecule has 0 spiro atoms. The molecule has 1 heterocycles. The third-order valence-electron chi connectivity index (χ3n) is 2.36. The molecule has 0 fully saturated rings. The molecule has 0 amide bonds. The van der Waals surface area contributed by atoms with Gasteiger partial charge in [-0.05, 0) is 42.7 Å². The zero-order valence-corrected chi connectivity index (χ0v) is 10.5. The summed E-state index contributed by atoms with van der Waals surface area (Å²) in [6.45, 7) is 2.51. The summed E-state index contributed by atoms with van der Waals surface area (Å²) in [5.41, 5.74) is 7.25. The third kappa shape index (κ3) is 2.28. The van der Waals surface area contributed by atoms with Gasteiger partial charge in [-0.25, -0.2) is 4.79 Å². The smallest absolute Gasteiger partial charge is 0.349 e. The molecule has 18 heavy (non-hydrogen) atoms. The number of carboxylic acid groups (broad SMARTS) is 1. The average Bonchev–Trinajstić information content (AvgIpc) is 2.73. The Morgan fingerprint density at radius 2 is 2.11 bits per heavy atom. The highest BCUT2D eigenvalue weighted by Gasteiger charge is 2.17. The average molecular weight is 264 g/mol. The molecular formula is C12H12N2O3S. The first-order chi connectivity index (χ1) is 8.63. The first-order valence-corrected chi connectivity index (χ1v) is 6.12. The molecule has 0 saturated heterocycles. The Kier molecular flexibility index (Phi) is 3.47. The van der Waals surface area contributed by atoms with Crippen molar-refractivity contribution in [3.05, 3.63) is 29.1 Å². The van der Waals surface area contributed by atoms with Crippen LogP contribution in [-0.2, 0) is 0 Å². The van der Waals surface area contributed by atoms with Gasteiger partial charge in [0.2, 0.25) is 0 Å². The number of nitrogens with zero attached hydrogens (tertiary/aromatic N) is 1. The lowest BCUT2D eigenvalue weighted by Gasteiger charge is -2.04. The van der Waals surface area contributed by atoms with Crippen molar-refractivity contribution in [2.75, 3.05) is 12.3 Å². The van der Waals surface area contributed by atoms with Crippen molar-refractivity contribution in [1.82, 2.24) is 4.37 Å². The molecule has 0 radical (unpaired) electrons. The van der Waals surface area contributed by atoms with E-state index in [4.69, 9.17) is 15.6 Å². The summed E-state index contributed by atoms with van der Waals surface area (Å²) in [5, 5.41) is 8.91. The Morgan fingerprint density at radius 3 is 2.61 bits per heavy atom. The monoisotopic (exact) mass is 264 g/mol. The van der Waals surface area contributed by atoms with Crippen molar-refractivity contribution >= 4 is 23.2 Å². The number of aromatic carboxylic acids is 1. The molecule has 2 rings (SSSR count). The van der Waals surface area contributed by atoms with E-state index in [0.29, 0.717) is 12.3 Å². The Labute approximate surface area is 108 Å². The molecule has 0 saturated carbocycles. The Bertz CT molecular complexity index is 563. The van der Waals surface area contributed by atoms with Gasteiger partial charge in [-0.1, -0.05) is 0 Å². The van der Waals surface area contributed by atoms with Gasteiger partial charge in [0.25, 0.3) is 0 Å². The van der Waals surface area contributed by atoms with Gasteiger partial charge < -0.3 is 15.6 Å². The van der Waals surface area contributed by atoms with Crippen molar-refractivity contribution in [3.63, 3.8) is 0 Å². The second-order valence-corrected chi connectivity index (χ2v) is 4.31. The molecule has 94 valence electrons. The molecule has 0 aliphatic heterocycles. The molecule has 0 unspecified atom stereocenters. The fraction of sp³-hybridized carbons (Fsp3) is 0.167. The van der Waals surface area contributed by atoms with Crippen molar-refractivity contribution in [1.29, 1.82) is 0 Å². The summed E-state index contributed by atoms with van der Waals surface area (Å²) in [5.74, 6) is -0.296. The number of hydrogen-bond acceptors (Lipinski definition) is 5. The second-order valence-electron chi connectivity index (χ2n) is 3.54. The number of ether oxygens (including phenoxy) is 1. The van der Waals surface area contributed by atoms with E-state index < -0.39 is 5.97 Å². The van der Waals surface area contributed by atoms with Crippen molar-refractivity contribution in [2.45, 2.75) is 6.92 Å². The lowest BCUT2D eigenvalue weighted by molar-refractivity contribution is 0.0703. The number of hydrogen-bond donors (Lipinski definition) is 2. The number of aromatic nitrogens is 1. The van der Waals surface area contributed by atoms with E-state index >= 15 is 0 Å². The predicted octanol–water partition coefficient (Wildman–Crippen LogP) is 2.49. The van der Waals surface area contributed by atoms with E-state index in [2.05, 4.69) is 4.37 Å². The minimum atomic E-state index is -1.05. The number of carbonyl (C=O) groups is 1. The van der Waals surface area contributed by atoms with E-state index in [1.54, 1.807) is 12.1 Å². The van der Waals surface area contributed by atoms with Gasteiger partial charge in [-0.2, -0.15) is 4.37 Å². The Morgan fingerprint density at radius 1 is 1.44 bits per heavy atom. The van der Waals surface area contributed by atoms with Crippen LogP contribution < -0.4 is 10.5 Å². The van der Waals surface area contributed by atoms with Crippen LogP contribution in [0.3, 0.4) is 0 Å². The minimum absolute atomic E-state index is 0.0684. The maximum atomic E-state index is 10.9. The van der Waals surface area contributed by atoms with Crippen LogP contribution in [0.2, 0.25) is 0 Å². The molecule has 0 bridgehead atoms. The van der Waals surface area contributed by atoms with Gasteiger partial charge in [0.05, 0.1) is 12.3 Å². The topological polar surface area (TPSA) is 85.4 Å². The van der Waals surface area contributed by atoms with Gasteiger partial charge in [-0.15, -0.1) is 0 Å². The fourth-order valence-electron chi connectivity index (χ4n) is 1.54. The molecular weight excluding hydrogens is 252 g/mol. The Balaban J connectivity index is 2.34. The summed E-state index contributed by atoms with van der Waals surface area (Å²) in [6.07, 6.45) is 0. The molecule has 5 nitrogen and oxygen atoms in total. The van der Waals surface area contributed by atoms with Gasteiger partial charge in [0.15, 0.2) is 4.88 Å². The van der Waals surface area contributed by atoms with Gasteiger partial charge in [0.1, 0.15) is 11.4 Å². The van der Waals surface area contributed by atoms with Crippen LogP contribution in [0, 0.1) is 0 Å². The molecule has 1 aromatic carbocycles. The van der Waals surface area contributed by atoms with E-state index in [-0.39, 0.29) is 10.6 Å². The highest BCUT2D eigenvalue weighted by Crippen LogP contribution is 2.31. The van der Waals surface area contributed by atoms with Crippen LogP contribution in [0.1, 0.15) is 16.6 Å². The van der Waals surface area contributed by atoms with Crippen molar-refractivity contribution in [2.24, 2.45) is 0 Å². The molecule has 0 aliphatic carbocycles. The van der Waals surface area contributed by atoms with E-state index in [1.165, 1.54) is 0 Å². The van der Waals surface area contributed by atoms with Gasteiger partial charge >= 0.3 is 5.97 Å². The first kappa shape index (κ1) is 12.4. The summed E-state index contributed by atoms with van der Waals surface area (Å²) >= 11 is 0.888. The highest BCUT2D eigenvalue weighted by molar-refractivity contribution is 7.09. The normalized spacial score (nSPS) is 10.3. The van der Waals surface area contributed by atoms with E-state index in [1.807, 2.05) is 19.1 Å². The molecule has 3 N–H and O–H groups in total. The van der Waals surface area contributed by atoms with Crippen LogP contribution in [0.25, 0.3) is 11.3 Å². The molecule has 6 heteroatoms. The summed E-state index contributed by atoms with van der Waals surface area (Å²) in [7, 11) is 0. The van der Waals surface area contributed by atoms with Crippen LogP contribution in [0.15, 0.2) is 24.3 Å². The number of rotatable bonds is 4. The number of nitrogen functional groups attached to an aromatic ring is 1. The minimum Gasteiger partial charge on any atom is -0.494 e. The van der Waals surface area contributed by atoms with Crippen LogP contribution in [-0.4, -0.2) is 22.1 Å². The maximum absolute atomic E-state index is 10.9. The number of benzene rings is 1. The molecule has 2 aromatic rings. The van der Waals surface area contributed by atoms with Gasteiger partial charge in [-0.3, -0.25) is 0 Å². The van der Waals surface area contributed by atoms with Crippen LogP contribution >= 0.6 is 11.5 Å². The zero-order valence-electron chi connectivity index (χ0n) is 9.71. The molecule has 0 aliphatic rings. The molecule has 1 aromatic heterocycles. The van der Waals surface area contributed by atoms with Crippen LogP contribution in [0.5, 0.6) is 5.75 Å². The highest BCUT2D eigenvalue weighted by atomic mass is 32.1. The summed E-state index contributed by atoms with van der Waals surface area (Å²) < 4.78 is 9.41. The standard InChI is InChI=1S/C12H12N2O3S/c1-2-17-8-5-3-7(4-6-8)10-9(13)11(12(15)16)18-14-10/h3-6H,2,13H2,1H3,(H,15,16). The first-order valence-electron chi connectivity index (χ1n) is 5.35. The van der Waals surface area contributed by atoms with Crippen LogP contribution in [0.4, 0.5) is 5.69 Å². The summed E-state index contributed by atoms with van der Waals surface area (Å²) in [4.78, 5) is 10.9. The largest absolute Gasteiger partial charge is 0.494 e. The van der Waals surface area contributed by atoms with Gasteiger partial charge in [0, 0.05) is 5.56 Å².